The number of rotatable bonds is 7. The van der Waals surface area contributed by atoms with E-state index in [1.54, 1.807) is 24.5 Å². The molecule has 0 fully saturated rings. The lowest BCUT2D eigenvalue weighted by Gasteiger charge is -2.04. The number of aromatic nitrogens is 5. The van der Waals surface area contributed by atoms with Gasteiger partial charge in [-0.2, -0.15) is 0 Å². The summed E-state index contributed by atoms with van der Waals surface area (Å²) in [6.07, 6.45) is 1.59. The first-order valence-electron chi connectivity index (χ1n) is 8.32. The Morgan fingerprint density at radius 1 is 1.18 bits per heavy atom. The Balaban J connectivity index is 1.50. The SMILES string of the molecule is CCn1c(SCc2nnc(-c3cccc([N+](=O)[O-])c3)o2)nnc1-c1ccco1. The number of hydrogen-bond donors (Lipinski definition) is 0. The molecule has 10 nitrogen and oxygen atoms in total. The third-order valence-corrected chi connectivity index (χ3v) is 4.82. The van der Waals surface area contributed by atoms with Crippen molar-refractivity contribution in [1.29, 1.82) is 0 Å². The number of nitrogens with zero attached hydrogens (tertiary/aromatic N) is 6. The van der Waals surface area contributed by atoms with Gasteiger partial charge >= 0.3 is 0 Å². The topological polar surface area (TPSA) is 126 Å². The van der Waals surface area contributed by atoms with Gasteiger partial charge in [-0.05, 0) is 25.1 Å². The number of furan rings is 1. The number of nitro groups is 1. The van der Waals surface area contributed by atoms with Gasteiger partial charge < -0.3 is 8.83 Å². The summed E-state index contributed by atoms with van der Waals surface area (Å²) >= 11 is 1.40. The van der Waals surface area contributed by atoms with E-state index in [1.165, 1.54) is 23.9 Å². The summed E-state index contributed by atoms with van der Waals surface area (Å²) in [4.78, 5) is 10.4. The third-order valence-electron chi connectivity index (χ3n) is 3.87. The Bertz CT molecular complexity index is 1100. The molecule has 0 unspecified atom stereocenters. The molecule has 0 saturated heterocycles. The molecule has 0 aliphatic rings. The first kappa shape index (κ1) is 17.9. The lowest BCUT2D eigenvalue weighted by Crippen LogP contribution is -1.99. The van der Waals surface area contributed by atoms with Crippen LogP contribution in [0.4, 0.5) is 5.69 Å². The maximum absolute atomic E-state index is 10.9. The average molecular weight is 398 g/mol. The van der Waals surface area contributed by atoms with Crippen LogP contribution < -0.4 is 0 Å². The molecule has 0 saturated carbocycles. The second-order valence-corrected chi connectivity index (χ2v) is 6.57. The second kappa shape index (κ2) is 7.64. The minimum absolute atomic E-state index is 0.0341. The lowest BCUT2D eigenvalue weighted by molar-refractivity contribution is -0.384. The van der Waals surface area contributed by atoms with E-state index in [0.717, 1.165) is 0 Å². The number of nitro benzene ring substituents is 1. The van der Waals surface area contributed by atoms with Gasteiger partial charge in [0.05, 0.1) is 16.9 Å². The molecule has 3 aromatic heterocycles. The van der Waals surface area contributed by atoms with E-state index in [-0.39, 0.29) is 11.6 Å². The molecule has 0 radical (unpaired) electrons. The summed E-state index contributed by atoms with van der Waals surface area (Å²) in [7, 11) is 0. The molecule has 1 aromatic carbocycles. The fourth-order valence-electron chi connectivity index (χ4n) is 2.58. The highest BCUT2D eigenvalue weighted by Crippen LogP contribution is 2.28. The number of non-ortho nitro benzene ring substituents is 1. The summed E-state index contributed by atoms with van der Waals surface area (Å²) in [5, 5.41) is 28.0. The van der Waals surface area contributed by atoms with Crippen LogP contribution in [0.3, 0.4) is 0 Å². The van der Waals surface area contributed by atoms with Crippen LogP contribution in [0, 0.1) is 10.1 Å². The standard InChI is InChI=1S/C17H14N6O4S/c1-2-22-15(13-7-4-8-26-13)19-21-17(22)28-10-14-18-20-16(27-14)11-5-3-6-12(9-11)23(24)25/h3-9H,2,10H2,1H3. The van der Waals surface area contributed by atoms with E-state index in [1.807, 2.05) is 17.6 Å². The molecule has 11 heteroatoms. The van der Waals surface area contributed by atoms with Crippen molar-refractivity contribution < 1.29 is 13.8 Å². The Hall–Kier alpha value is -3.47. The second-order valence-electron chi connectivity index (χ2n) is 5.62. The van der Waals surface area contributed by atoms with Crippen molar-refractivity contribution >= 4 is 17.4 Å². The summed E-state index contributed by atoms with van der Waals surface area (Å²) in [5.41, 5.74) is 0.461. The smallest absolute Gasteiger partial charge is 0.270 e. The van der Waals surface area contributed by atoms with Crippen LogP contribution in [0.2, 0.25) is 0 Å². The highest BCUT2D eigenvalue weighted by Gasteiger charge is 2.17. The van der Waals surface area contributed by atoms with E-state index >= 15 is 0 Å². The molecule has 0 atom stereocenters. The van der Waals surface area contributed by atoms with Crippen LogP contribution in [0.5, 0.6) is 0 Å². The minimum Gasteiger partial charge on any atom is -0.461 e. The molecule has 0 aliphatic carbocycles. The Kier molecular flexibility index (Phi) is 4.89. The molecule has 4 aromatic rings. The fraction of sp³-hybridized carbons (Fsp3) is 0.176. The summed E-state index contributed by atoms with van der Waals surface area (Å²) in [6.45, 7) is 2.67. The van der Waals surface area contributed by atoms with Crippen molar-refractivity contribution in [2.45, 2.75) is 24.4 Å². The lowest BCUT2D eigenvalue weighted by atomic mass is 10.2. The van der Waals surface area contributed by atoms with E-state index in [9.17, 15) is 10.1 Å². The molecule has 4 rings (SSSR count). The average Bonchev–Trinajstić information content (AvgIpc) is 3.46. The van der Waals surface area contributed by atoms with Gasteiger partial charge in [-0.15, -0.1) is 20.4 Å². The van der Waals surface area contributed by atoms with Gasteiger partial charge in [-0.25, -0.2) is 0 Å². The van der Waals surface area contributed by atoms with Gasteiger partial charge in [0, 0.05) is 24.2 Å². The fourth-order valence-corrected chi connectivity index (χ4v) is 3.42. The Morgan fingerprint density at radius 3 is 2.82 bits per heavy atom. The van der Waals surface area contributed by atoms with Crippen LogP contribution in [0.1, 0.15) is 12.8 Å². The van der Waals surface area contributed by atoms with Crippen LogP contribution in [0.15, 0.2) is 56.7 Å². The molecular weight excluding hydrogens is 384 g/mol. The monoisotopic (exact) mass is 398 g/mol. The molecule has 0 aliphatic heterocycles. The normalized spacial score (nSPS) is 11.0. The van der Waals surface area contributed by atoms with Crippen LogP contribution in [0.25, 0.3) is 23.0 Å². The zero-order valence-electron chi connectivity index (χ0n) is 14.7. The zero-order chi connectivity index (χ0) is 19.5. The van der Waals surface area contributed by atoms with Gasteiger partial charge in [-0.1, -0.05) is 17.8 Å². The molecule has 0 N–H and O–H groups in total. The molecule has 0 amide bonds. The van der Waals surface area contributed by atoms with E-state index in [2.05, 4.69) is 20.4 Å². The highest BCUT2D eigenvalue weighted by atomic mass is 32.2. The number of thioether (sulfide) groups is 1. The van der Waals surface area contributed by atoms with Crippen LogP contribution in [-0.4, -0.2) is 29.9 Å². The van der Waals surface area contributed by atoms with Crippen molar-refractivity contribution in [2.24, 2.45) is 0 Å². The first-order chi connectivity index (χ1) is 13.7. The molecule has 142 valence electrons. The molecule has 0 spiro atoms. The maximum atomic E-state index is 10.9. The van der Waals surface area contributed by atoms with Crippen LogP contribution >= 0.6 is 11.8 Å². The molecular formula is C17H14N6O4S. The first-order valence-corrected chi connectivity index (χ1v) is 9.31. The van der Waals surface area contributed by atoms with Crippen molar-refractivity contribution in [3.05, 3.63) is 58.7 Å². The van der Waals surface area contributed by atoms with Gasteiger partial charge in [0.25, 0.3) is 5.69 Å². The van der Waals surface area contributed by atoms with Crippen molar-refractivity contribution in [1.82, 2.24) is 25.0 Å². The minimum atomic E-state index is -0.467. The van der Waals surface area contributed by atoms with Crippen molar-refractivity contribution in [2.75, 3.05) is 0 Å². The summed E-state index contributed by atoms with van der Waals surface area (Å²) in [6, 6.07) is 9.68. The molecule has 0 bridgehead atoms. The van der Waals surface area contributed by atoms with Gasteiger partial charge in [0.15, 0.2) is 16.7 Å². The van der Waals surface area contributed by atoms with Crippen LogP contribution in [-0.2, 0) is 12.3 Å². The van der Waals surface area contributed by atoms with Gasteiger partial charge in [-0.3, -0.25) is 14.7 Å². The Labute approximate surface area is 162 Å². The van der Waals surface area contributed by atoms with Gasteiger partial charge in [0.2, 0.25) is 11.8 Å². The van der Waals surface area contributed by atoms with E-state index in [0.29, 0.717) is 40.5 Å². The van der Waals surface area contributed by atoms with Crippen molar-refractivity contribution in [3.63, 3.8) is 0 Å². The summed E-state index contributed by atoms with van der Waals surface area (Å²) in [5.74, 6) is 2.30. The Morgan fingerprint density at radius 2 is 2.07 bits per heavy atom. The highest BCUT2D eigenvalue weighted by molar-refractivity contribution is 7.98. The molecule has 3 heterocycles. The third kappa shape index (κ3) is 3.51. The number of benzene rings is 1. The maximum Gasteiger partial charge on any atom is 0.270 e. The van der Waals surface area contributed by atoms with Crippen molar-refractivity contribution in [3.8, 4) is 23.0 Å². The summed E-state index contributed by atoms with van der Waals surface area (Å²) < 4.78 is 13.0. The largest absolute Gasteiger partial charge is 0.461 e. The predicted molar refractivity (Wildman–Crippen MR) is 99.3 cm³/mol. The molecule has 28 heavy (non-hydrogen) atoms. The van der Waals surface area contributed by atoms with E-state index < -0.39 is 4.92 Å². The predicted octanol–water partition coefficient (Wildman–Crippen LogP) is 3.81. The quantitative estimate of drug-likeness (QED) is 0.259. The van der Waals surface area contributed by atoms with Gasteiger partial charge in [0.1, 0.15) is 0 Å². The zero-order valence-corrected chi connectivity index (χ0v) is 15.5. The van der Waals surface area contributed by atoms with E-state index in [4.69, 9.17) is 8.83 Å². The number of hydrogen-bond acceptors (Lipinski definition) is 9.